The van der Waals surface area contributed by atoms with Gasteiger partial charge in [0.1, 0.15) is 6.10 Å². The van der Waals surface area contributed by atoms with Crippen molar-refractivity contribution in [3.63, 3.8) is 0 Å². The van der Waals surface area contributed by atoms with Gasteiger partial charge in [0, 0.05) is 11.3 Å². The predicted molar refractivity (Wildman–Crippen MR) is 89.2 cm³/mol. The minimum Gasteiger partial charge on any atom is -0.472 e. The molecule has 1 N–H and O–H groups in total. The number of hydrogen-bond donors (Lipinski definition) is 1. The summed E-state index contributed by atoms with van der Waals surface area (Å²) < 4.78 is 11.0. The molecule has 1 aliphatic heterocycles. The summed E-state index contributed by atoms with van der Waals surface area (Å²) in [6.07, 6.45) is 8.51. The predicted octanol–water partition coefficient (Wildman–Crippen LogP) is 3.72. The van der Waals surface area contributed by atoms with Crippen molar-refractivity contribution in [1.82, 2.24) is 0 Å². The van der Waals surface area contributed by atoms with Crippen molar-refractivity contribution in [3.8, 4) is 0 Å². The Kier molecular flexibility index (Phi) is 3.44. The van der Waals surface area contributed by atoms with Gasteiger partial charge in [-0.15, -0.1) is 0 Å². The number of esters is 1. The van der Waals surface area contributed by atoms with Gasteiger partial charge in [0.15, 0.2) is 0 Å². The average Bonchev–Trinajstić information content (AvgIpc) is 3.12. The van der Waals surface area contributed by atoms with Crippen LogP contribution in [0.4, 0.5) is 0 Å². The van der Waals surface area contributed by atoms with Gasteiger partial charge in [-0.25, -0.2) is 0 Å². The second-order valence-electron chi connectivity index (χ2n) is 8.80. The Balaban J connectivity index is 1.70. The minimum absolute atomic E-state index is 0.0306. The number of carbonyl (C=O) groups excluding carboxylic acids is 1. The van der Waals surface area contributed by atoms with Crippen LogP contribution in [0.25, 0.3) is 0 Å². The quantitative estimate of drug-likeness (QED) is 0.857. The van der Waals surface area contributed by atoms with Crippen molar-refractivity contribution in [2.75, 3.05) is 0 Å². The van der Waals surface area contributed by atoms with Gasteiger partial charge >= 0.3 is 5.97 Å². The number of carbonyl (C=O) groups is 1. The molecule has 132 valence electrons. The van der Waals surface area contributed by atoms with Gasteiger partial charge in [0.25, 0.3) is 0 Å². The van der Waals surface area contributed by atoms with E-state index >= 15 is 0 Å². The van der Waals surface area contributed by atoms with E-state index in [0.29, 0.717) is 6.42 Å². The molecular weight excluding hydrogens is 304 g/mol. The molecule has 1 unspecified atom stereocenters. The van der Waals surface area contributed by atoms with Crippen LogP contribution in [0.1, 0.15) is 58.4 Å². The molecule has 2 saturated carbocycles. The lowest BCUT2D eigenvalue weighted by molar-refractivity contribution is -0.217. The van der Waals surface area contributed by atoms with E-state index in [4.69, 9.17) is 9.15 Å². The molecule has 2 aliphatic carbocycles. The highest BCUT2D eigenvalue weighted by molar-refractivity contribution is 5.80. The monoisotopic (exact) mass is 332 g/mol. The molecule has 2 heterocycles. The maximum Gasteiger partial charge on any atom is 0.312 e. The molecule has 0 bridgehead atoms. The first-order valence-electron chi connectivity index (χ1n) is 9.26. The van der Waals surface area contributed by atoms with E-state index < -0.39 is 11.0 Å². The third kappa shape index (κ3) is 1.92. The van der Waals surface area contributed by atoms with Crippen LogP contribution in [-0.4, -0.2) is 22.8 Å². The lowest BCUT2D eigenvalue weighted by Crippen LogP contribution is -2.65. The smallest absolute Gasteiger partial charge is 0.312 e. The van der Waals surface area contributed by atoms with E-state index in [0.717, 1.165) is 37.7 Å². The van der Waals surface area contributed by atoms with E-state index in [1.807, 2.05) is 6.07 Å². The fourth-order valence-corrected chi connectivity index (χ4v) is 6.30. The Morgan fingerprint density at radius 1 is 1.33 bits per heavy atom. The molecule has 1 saturated heterocycles. The van der Waals surface area contributed by atoms with Crippen LogP contribution in [-0.2, 0) is 16.0 Å². The molecular formula is C20H28O4. The van der Waals surface area contributed by atoms with Crippen molar-refractivity contribution >= 4 is 5.97 Å². The normalized spacial score (nSPS) is 47.3. The average molecular weight is 332 g/mol. The molecule has 24 heavy (non-hydrogen) atoms. The number of hydrogen-bond acceptors (Lipinski definition) is 4. The van der Waals surface area contributed by atoms with E-state index in [1.54, 1.807) is 12.5 Å². The standard InChI is InChI=1S/C20H28O4/c1-13-11-15-16-18(2,17(21)24-15)7-4-8-19(16,3)20(13,22)9-5-14-6-10-23-12-14/h6,10,12-13,15-16,22H,4-5,7-9,11H2,1-3H3/t13-,15-,16?,18+,19+,20+/m1/s1. The Labute approximate surface area is 143 Å². The van der Waals surface area contributed by atoms with Crippen molar-refractivity contribution < 1.29 is 19.1 Å². The molecule has 4 rings (SSSR count). The zero-order valence-electron chi connectivity index (χ0n) is 14.9. The van der Waals surface area contributed by atoms with Crippen LogP contribution < -0.4 is 0 Å². The summed E-state index contributed by atoms with van der Waals surface area (Å²) in [5.41, 5.74) is -0.362. The van der Waals surface area contributed by atoms with Gasteiger partial charge in [-0.3, -0.25) is 4.79 Å². The van der Waals surface area contributed by atoms with Crippen molar-refractivity contribution in [2.45, 2.75) is 71.0 Å². The summed E-state index contributed by atoms with van der Waals surface area (Å²) in [4.78, 5) is 12.6. The van der Waals surface area contributed by atoms with Crippen LogP contribution in [0.5, 0.6) is 0 Å². The Morgan fingerprint density at radius 3 is 2.83 bits per heavy atom. The van der Waals surface area contributed by atoms with E-state index in [2.05, 4.69) is 20.8 Å². The van der Waals surface area contributed by atoms with Crippen LogP contribution in [0.15, 0.2) is 23.0 Å². The minimum atomic E-state index is -0.777. The first-order valence-corrected chi connectivity index (χ1v) is 9.26. The summed E-state index contributed by atoms with van der Waals surface area (Å²) in [5.74, 6) is 0.190. The van der Waals surface area contributed by atoms with E-state index in [1.165, 1.54) is 0 Å². The zero-order valence-corrected chi connectivity index (χ0v) is 14.9. The van der Waals surface area contributed by atoms with Gasteiger partial charge < -0.3 is 14.3 Å². The number of furan rings is 1. The topological polar surface area (TPSA) is 59.7 Å². The van der Waals surface area contributed by atoms with Gasteiger partial charge in [0.2, 0.25) is 0 Å². The molecule has 0 radical (unpaired) electrons. The van der Waals surface area contributed by atoms with Gasteiger partial charge in [0.05, 0.1) is 23.5 Å². The number of rotatable bonds is 3. The molecule has 4 heteroatoms. The maximum absolute atomic E-state index is 12.6. The third-order valence-corrected chi connectivity index (χ3v) is 7.63. The second kappa shape index (κ2) is 5.10. The second-order valence-corrected chi connectivity index (χ2v) is 8.80. The van der Waals surface area contributed by atoms with Crippen molar-refractivity contribution in [3.05, 3.63) is 24.2 Å². The molecule has 6 atom stereocenters. The number of aliphatic hydroxyl groups is 1. The van der Waals surface area contributed by atoms with Gasteiger partial charge in [-0.2, -0.15) is 0 Å². The molecule has 3 fully saturated rings. The van der Waals surface area contributed by atoms with E-state index in [9.17, 15) is 9.90 Å². The van der Waals surface area contributed by atoms with Crippen LogP contribution in [0, 0.1) is 22.7 Å². The third-order valence-electron chi connectivity index (χ3n) is 7.63. The van der Waals surface area contributed by atoms with Crippen molar-refractivity contribution in [2.24, 2.45) is 22.7 Å². The highest BCUT2D eigenvalue weighted by Crippen LogP contribution is 2.67. The highest BCUT2D eigenvalue weighted by Gasteiger charge is 2.70. The van der Waals surface area contributed by atoms with Crippen LogP contribution in [0.2, 0.25) is 0 Å². The first kappa shape index (κ1) is 16.2. The van der Waals surface area contributed by atoms with Crippen LogP contribution in [0.3, 0.4) is 0 Å². The SMILES string of the molecule is C[C@@H]1C[C@H]2OC(=O)[C@@]3(C)CCC[C@@](C)(C23)[C@]1(O)CCc1ccoc1. The fraction of sp³-hybridized carbons (Fsp3) is 0.750. The molecule has 0 amide bonds. The Bertz CT molecular complexity index is 638. The summed E-state index contributed by atoms with van der Waals surface area (Å²) in [6, 6.07) is 1.97. The highest BCUT2D eigenvalue weighted by atomic mass is 16.6. The Hall–Kier alpha value is -1.29. The van der Waals surface area contributed by atoms with E-state index in [-0.39, 0.29) is 29.3 Å². The Morgan fingerprint density at radius 2 is 2.12 bits per heavy atom. The van der Waals surface area contributed by atoms with Crippen molar-refractivity contribution in [1.29, 1.82) is 0 Å². The molecule has 0 aromatic carbocycles. The molecule has 1 aromatic rings. The van der Waals surface area contributed by atoms with Crippen LogP contribution >= 0.6 is 0 Å². The summed E-state index contributed by atoms with van der Waals surface area (Å²) >= 11 is 0. The lowest BCUT2D eigenvalue weighted by Gasteiger charge is -2.61. The maximum atomic E-state index is 12.6. The number of aryl methyl sites for hydroxylation is 1. The molecule has 1 aromatic heterocycles. The number of ether oxygens (including phenoxy) is 1. The fourth-order valence-electron chi connectivity index (χ4n) is 6.30. The lowest BCUT2D eigenvalue weighted by atomic mass is 9.44. The largest absolute Gasteiger partial charge is 0.472 e. The molecule has 3 aliphatic rings. The molecule has 4 nitrogen and oxygen atoms in total. The van der Waals surface area contributed by atoms with Gasteiger partial charge in [-0.1, -0.05) is 20.3 Å². The first-order chi connectivity index (χ1) is 11.3. The summed E-state index contributed by atoms with van der Waals surface area (Å²) in [6.45, 7) is 6.38. The molecule has 0 spiro atoms. The zero-order chi connectivity index (χ0) is 17.2. The summed E-state index contributed by atoms with van der Waals surface area (Å²) in [5, 5.41) is 11.9. The van der Waals surface area contributed by atoms with Gasteiger partial charge in [-0.05, 0) is 56.6 Å². The summed E-state index contributed by atoms with van der Waals surface area (Å²) in [7, 11) is 0.